The second-order valence-electron chi connectivity index (χ2n) is 3.12. The van der Waals surface area contributed by atoms with E-state index >= 15 is 0 Å². The summed E-state index contributed by atoms with van der Waals surface area (Å²) in [6, 6.07) is 1.55. The molecule has 0 atom stereocenters. The standard InChI is InChI=1S/C11H12O4/c1-7(6-12)4-9-5-10(8(2)15-9)11(13)14-3/h4-6H,1-3H3. The van der Waals surface area contributed by atoms with Crippen molar-refractivity contribution >= 4 is 18.3 Å². The maximum absolute atomic E-state index is 11.2. The summed E-state index contributed by atoms with van der Waals surface area (Å²) in [5, 5.41) is 0. The van der Waals surface area contributed by atoms with E-state index in [2.05, 4.69) is 4.74 Å². The average molecular weight is 208 g/mol. The number of furan rings is 1. The van der Waals surface area contributed by atoms with Crippen LogP contribution in [0.3, 0.4) is 0 Å². The molecule has 0 unspecified atom stereocenters. The topological polar surface area (TPSA) is 56.5 Å². The minimum absolute atomic E-state index is 0.377. The van der Waals surface area contributed by atoms with Crippen molar-refractivity contribution in [1.82, 2.24) is 0 Å². The summed E-state index contributed by atoms with van der Waals surface area (Å²) >= 11 is 0. The number of esters is 1. The summed E-state index contributed by atoms with van der Waals surface area (Å²) in [5.74, 6) is 0.504. The summed E-state index contributed by atoms with van der Waals surface area (Å²) in [4.78, 5) is 21.6. The maximum Gasteiger partial charge on any atom is 0.341 e. The van der Waals surface area contributed by atoms with Gasteiger partial charge in [-0.1, -0.05) is 0 Å². The van der Waals surface area contributed by atoms with Gasteiger partial charge in [0.25, 0.3) is 0 Å². The van der Waals surface area contributed by atoms with E-state index in [-0.39, 0.29) is 0 Å². The van der Waals surface area contributed by atoms with Gasteiger partial charge in [-0.3, -0.25) is 4.79 Å². The minimum atomic E-state index is -0.445. The fourth-order valence-electron chi connectivity index (χ4n) is 1.15. The first-order valence-electron chi connectivity index (χ1n) is 4.40. The quantitative estimate of drug-likeness (QED) is 0.433. The van der Waals surface area contributed by atoms with Crippen LogP contribution in [0.15, 0.2) is 16.1 Å². The van der Waals surface area contributed by atoms with E-state index in [0.717, 1.165) is 6.29 Å². The number of rotatable bonds is 3. The Labute approximate surface area is 87.5 Å². The Bertz CT molecular complexity index is 412. The molecule has 1 heterocycles. The molecule has 0 aliphatic carbocycles. The lowest BCUT2D eigenvalue weighted by molar-refractivity contribution is -0.104. The van der Waals surface area contributed by atoms with Crippen molar-refractivity contribution < 1.29 is 18.7 Å². The molecule has 0 aliphatic heterocycles. The van der Waals surface area contributed by atoms with E-state index in [0.29, 0.717) is 22.7 Å². The Morgan fingerprint density at radius 2 is 2.20 bits per heavy atom. The Hall–Kier alpha value is -1.84. The van der Waals surface area contributed by atoms with Crippen LogP contribution in [0.4, 0.5) is 0 Å². The largest absolute Gasteiger partial charge is 0.465 e. The molecule has 80 valence electrons. The highest BCUT2D eigenvalue weighted by atomic mass is 16.5. The van der Waals surface area contributed by atoms with Gasteiger partial charge < -0.3 is 9.15 Å². The van der Waals surface area contributed by atoms with Gasteiger partial charge in [-0.2, -0.15) is 0 Å². The van der Waals surface area contributed by atoms with Crippen molar-refractivity contribution in [3.63, 3.8) is 0 Å². The van der Waals surface area contributed by atoms with Crippen LogP contribution in [-0.4, -0.2) is 19.4 Å². The molecule has 1 rings (SSSR count). The molecule has 0 bridgehead atoms. The van der Waals surface area contributed by atoms with Gasteiger partial charge in [-0.25, -0.2) is 4.79 Å². The van der Waals surface area contributed by atoms with Gasteiger partial charge in [0.05, 0.1) is 7.11 Å². The van der Waals surface area contributed by atoms with Gasteiger partial charge in [-0.05, 0) is 31.6 Å². The third-order valence-corrected chi connectivity index (χ3v) is 1.90. The first-order valence-corrected chi connectivity index (χ1v) is 4.40. The fourth-order valence-corrected chi connectivity index (χ4v) is 1.15. The number of methoxy groups -OCH3 is 1. The average Bonchev–Trinajstić information content (AvgIpc) is 2.58. The lowest BCUT2D eigenvalue weighted by Crippen LogP contribution is -2.00. The van der Waals surface area contributed by atoms with E-state index in [4.69, 9.17) is 4.42 Å². The van der Waals surface area contributed by atoms with Crippen molar-refractivity contribution in [2.24, 2.45) is 0 Å². The van der Waals surface area contributed by atoms with Crippen molar-refractivity contribution in [3.8, 4) is 0 Å². The number of hydrogen-bond acceptors (Lipinski definition) is 4. The summed E-state index contributed by atoms with van der Waals surface area (Å²) in [6.07, 6.45) is 2.28. The van der Waals surface area contributed by atoms with Gasteiger partial charge in [0.1, 0.15) is 23.4 Å². The zero-order valence-corrected chi connectivity index (χ0v) is 8.87. The summed E-state index contributed by atoms with van der Waals surface area (Å²) in [6.45, 7) is 3.32. The number of aldehydes is 1. The second-order valence-corrected chi connectivity index (χ2v) is 3.12. The summed E-state index contributed by atoms with van der Waals surface area (Å²) in [5.41, 5.74) is 0.905. The highest BCUT2D eigenvalue weighted by Crippen LogP contribution is 2.17. The van der Waals surface area contributed by atoms with Gasteiger partial charge in [-0.15, -0.1) is 0 Å². The predicted octanol–water partition coefficient (Wildman–Crippen LogP) is 1.98. The third kappa shape index (κ3) is 2.56. The van der Waals surface area contributed by atoms with E-state index in [1.54, 1.807) is 26.0 Å². The van der Waals surface area contributed by atoms with Gasteiger partial charge >= 0.3 is 5.97 Å². The van der Waals surface area contributed by atoms with Crippen molar-refractivity contribution in [1.29, 1.82) is 0 Å². The van der Waals surface area contributed by atoms with Crippen LogP contribution in [0.5, 0.6) is 0 Å². The summed E-state index contributed by atoms with van der Waals surface area (Å²) < 4.78 is 9.85. The minimum Gasteiger partial charge on any atom is -0.465 e. The van der Waals surface area contributed by atoms with E-state index in [9.17, 15) is 9.59 Å². The smallest absolute Gasteiger partial charge is 0.341 e. The second kappa shape index (κ2) is 4.59. The number of aryl methyl sites for hydroxylation is 1. The van der Waals surface area contributed by atoms with Crippen LogP contribution in [0.1, 0.15) is 28.8 Å². The first kappa shape index (κ1) is 11.2. The molecule has 4 nitrogen and oxygen atoms in total. The summed E-state index contributed by atoms with van der Waals surface area (Å²) in [7, 11) is 1.31. The molecule has 0 aliphatic rings. The molecule has 1 aromatic rings. The molecule has 4 heteroatoms. The van der Waals surface area contributed by atoms with Crippen LogP contribution in [0.25, 0.3) is 6.08 Å². The SMILES string of the molecule is COC(=O)c1cc(C=C(C)C=O)oc1C. The van der Waals surface area contributed by atoms with Crippen LogP contribution >= 0.6 is 0 Å². The predicted molar refractivity (Wildman–Crippen MR) is 54.5 cm³/mol. The zero-order valence-electron chi connectivity index (χ0n) is 8.87. The van der Waals surface area contributed by atoms with E-state index in [1.165, 1.54) is 7.11 Å². The van der Waals surface area contributed by atoms with Crippen molar-refractivity contribution in [2.45, 2.75) is 13.8 Å². The molecule has 15 heavy (non-hydrogen) atoms. The number of carbonyl (C=O) groups excluding carboxylic acids is 2. The first-order chi connectivity index (χ1) is 7.08. The number of hydrogen-bond donors (Lipinski definition) is 0. The molecule has 0 saturated heterocycles. The molecule has 1 aromatic heterocycles. The Morgan fingerprint density at radius 3 is 2.73 bits per heavy atom. The molecule has 0 saturated carbocycles. The van der Waals surface area contributed by atoms with Gasteiger partial charge in [0.15, 0.2) is 0 Å². The molecular formula is C11H12O4. The van der Waals surface area contributed by atoms with Gasteiger partial charge in [0.2, 0.25) is 0 Å². The monoisotopic (exact) mass is 208 g/mol. The van der Waals surface area contributed by atoms with Crippen molar-refractivity contribution in [2.75, 3.05) is 7.11 Å². The molecular weight excluding hydrogens is 196 g/mol. The third-order valence-electron chi connectivity index (χ3n) is 1.90. The lowest BCUT2D eigenvalue weighted by Gasteiger charge is -1.93. The van der Waals surface area contributed by atoms with Crippen LogP contribution < -0.4 is 0 Å². The number of ether oxygens (including phenoxy) is 1. The normalized spacial score (nSPS) is 11.3. The van der Waals surface area contributed by atoms with E-state index < -0.39 is 5.97 Å². The van der Waals surface area contributed by atoms with Crippen LogP contribution in [0, 0.1) is 6.92 Å². The van der Waals surface area contributed by atoms with E-state index in [1.807, 2.05) is 0 Å². The zero-order chi connectivity index (χ0) is 11.4. The van der Waals surface area contributed by atoms with Crippen molar-refractivity contribution in [3.05, 3.63) is 28.7 Å². The van der Waals surface area contributed by atoms with Crippen LogP contribution in [0.2, 0.25) is 0 Å². The molecule has 0 N–H and O–H groups in total. The van der Waals surface area contributed by atoms with Gasteiger partial charge in [0, 0.05) is 0 Å². The molecule has 0 fully saturated rings. The molecule has 0 spiro atoms. The maximum atomic E-state index is 11.2. The molecule has 0 radical (unpaired) electrons. The lowest BCUT2D eigenvalue weighted by atomic mass is 10.2. The number of allylic oxidation sites excluding steroid dienone is 1. The highest BCUT2D eigenvalue weighted by molar-refractivity contribution is 5.91. The molecule has 0 amide bonds. The Kier molecular flexibility index (Phi) is 3.44. The molecule has 0 aromatic carbocycles. The van der Waals surface area contributed by atoms with Crippen LogP contribution in [-0.2, 0) is 9.53 Å². The fraction of sp³-hybridized carbons (Fsp3) is 0.273. The highest BCUT2D eigenvalue weighted by Gasteiger charge is 2.14. The Morgan fingerprint density at radius 1 is 1.53 bits per heavy atom. The number of carbonyl (C=O) groups is 2. The Balaban J connectivity index is 3.06.